The quantitative estimate of drug-likeness (QED) is 0.335. The molecule has 0 fully saturated rings. The Hall–Kier alpha value is -4.04. The second-order valence-electron chi connectivity index (χ2n) is 7.18. The van der Waals surface area contributed by atoms with Crippen LogP contribution in [0, 0.1) is 0 Å². The van der Waals surface area contributed by atoms with Crippen LogP contribution in [0.5, 0.6) is 17.2 Å². The summed E-state index contributed by atoms with van der Waals surface area (Å²) in [7, 11) is 4.72. The first-order chi connectivity index (χ1) is 16.1. The van der Waals surface area contributed by atoms with Gasteiger partial charge in [-0.1, -0.05) is 24.3 Å². The Morgan fingerprint density at radius 3 is 2.52 bits per heavy atom. The summed E-state index contributed by atoms with van der Waals surface area (Å²) in [5, 5.41) is 7.15. The Morgan fingerprint density at radius 1 is 0.909 bits per heavy atom. The number of nitrogens with zero attached hydrogens (tertiary/aromatic N) is 1. The Kier molecular flexibility index (Phi) is 5.35. The van der Waals surface area contributed by atoms with Crippen molar-refractivity contribution in [3.63, 3.8) is 0 Å². The van der Waals surface area contributed by atoms with E-state index in [4.69, 9.17) is 18.6 Å². The van der Waals surface area contributed by atoms with E-state index < -0.39 is 0 Å². The van der Waals surface area contributed by atoms with Gasteiger partial charge < -0.3 is 23.9 Å². The molecule has 0 radical (unpaired) electrons. The lowest BCUT2D eigenvalue weighted by Crippen LogP contribution is -2.13. The maximum atomic E-state index is 13.0. The van der Waals surface area contributed by atoms with Crippen molar-refractivity contribution >= 4 is 44.9 Å². The molecule has 2 aromatic heterocycles. The zero-order valence-electron chi connectivity index (χ0n) is 18.2. The van der Waals surface area contributed by atoms with Crippen LogP contribution in [0.2, 0.25) is 0 Å². The van der Waals surface area contributed by atoms with Crippen molar-refractivity contribution in [3.8, 4) is 27.8 Å². The maximum Gasteiger partial charge on any atom is 0.275 e. The van der Waals surface area contributed by atoms with Crippen LogP contribution in [0.25, 0.3) is 32.5 Å². The number of hydrogen-bond donors (Lipinski definition) is 1. The van der Waals surface area contributed by atoms with Gasteiger partial charge in [-0.15, -0.1) is 11.3 Å². The number of para-hydroxylation sites is 2. The van der Waals surface area contributed by atoms with Crippen molar-refractivity contribution in [2.24, 2.45) is 0 Å². The molecule has 1 amide bonds. The van der Waals surface area contributed by atoms with E-state index in [2.05, 4.69) is 10.3 Å². The average molecular weight is 461 g/mol. The van der Waals surface area contributed by atoms with E-state index >= 15 is 0 Å². The average Bonchev–Trinajstić information content (AvgIpc) is 3.47. The SMILES string of the molecule is COc1cc2c(cc1NC(=O)c1csc(-c3cccc(OC)c3OC)n1)oc1ccccc12. The molecule has 3 aromatic carbocycles. The third-order valence-electron chi connectivity index (χ3n) is 5.32. The van der Waals surface area contributed by atoms with Crippen molar-refractivity contribution in [2.45, 2.75) is 0 Å². The number of methoxy groups -OCH3 is 3. The molecule has 5 rings (SSSR count). The fourth-order valence-electron chi connectivity index (χ4n) is 3.76. The predicted octanol–water partition coefficient (Wildman–Crippen LogP) is 5.99. The zero-order chi connectivity index (χ0) is 22.9. The summed E-state index contributed by atoms with van der Waals surface area (Å²) in [6.45, 7) is 0. The number of thiazole rings is 1. The number of benzene rings is 3. The first-order valence-corrected chi connectivity index (χ1v) is 11.0. The topological polar surface area (TPSA) is 82.8 Å². The third-order valence-corrected chi connectivity index (χ3v) is 6.19. The van der Waals surface area contributed by atoms with Crippen LogP contribution in [0.3, 0.4) is 0 Å². The molecule has 0 saturated carbocycles. The van der Waals surface area contributed by atoms with Crippen molar-refractivity contribution < 1.29 is 23.4 Å². The maximum absolute atomic E-state index is 13.0. The highest BCUT2D eigenvalue weighted by molar-refractivity contribution is 7.13. The molecule has 0 unspecified atom stereocenters. The molecule has 0 aliphatic heterocycles. The standard InChI is InChI=1S/C25H20N2O5S/c1-29-20-10-6-8-15(23(20)31-3)25-27-18(13-33-25)24(28)26-17-12-21-16(11-22(17)30-2)14-7-4-5-9-19(14)32-21/h4-13H,1-3H3,(H,26,28). The highest BCUT2D eigenvalue weighted by Gasteiger charge is 2.19. The monoisotopic (exact) mass is 460 g/mol. The second-order valence-corrected chi connectivity index (χ2v) is 8.04. The van der Waals surface area contributed by atoms with E-state index in [-0.39, 0.29) is 11.6 Å². The number of anilines is 1. The molecule has 0 aliphatic rings. The minimum Gasteiger partial charge on any atom is -0.495 e. The highest BCUT2D eigenvalue weighted by Crippen LogP contribution is 2.40. The minimum absolute atomic E-state index is 0.284. The summed E-state index contributed by atoms with van der Waals surface area (Å²) in [5.74, 6) is 1.35. The molecule has 8 heteroatoms. The van der Waals surface area contributed by atoms with Gasteiger partial charge in [0, 0.05) is 22.2 Å². The van der Waals surface area contributed by atoms with Gasteiger partial charge in [0.15, 0.2) is 11.5 Å². The Morgan fingerprint density at radius 2 is 1.73 bits per heavy atom. The third kappa shape index (κ3) is 3.64. The molecule has 2 heterocycles. The fourth-order valence-corrected chi connectivity index (χ4v) is 4.58. The van der Waals surface area contributed by atoms with Gasteiger partial charge in [0.2, 0.25) is 0 Å². The largest absolute Gasteiger partial charge is 0.495 e. The lowest BCUT2D eigenvalue weighted by molar-refractivity contribution is 0.102. The first kappa shape index (κ1) is 20.8. The Labute approximate surface area is 193 Å². The molecule has 5 aromatic rings. The minimum atomic E-state index is -0.354. The lowest BCUT2D eigenvalue weighted by atomic mass is 10.1. The van der Waals surface area contributed by atoms with Crippen molar-refractivity contribution in [3.05, 3.63) is 65.7 Å². The Balaban J connectivity index is 1.47. The first-order valence-electron chi connectivity index (χ1n) is 10.1. The van der Waals surface area contributed by atoms with E-state index in [9.17, 15) is 4.79 Å². The van der Waals surface area contributed by atoms with Crippen molar-refractivity contribution in [1.82, 2.24) is 4.98 Å². The van der Waals surface area contributed by atoms with Crippen LogP contribution < -0.4 is 19.5 Å². The van der Waals surface area contributed by atoms with Crippen molar-refractivity contribution in [2.75, 3.05) is 26.6 Å². The summed E-state index contributed by atoms with van der Waals surface area (Å²) >= 11 is 1.35. The molecule has 0 aliphatic carbocycles. The van der Waals surface area contributed by atoms with E-state index in [1.54, 1.807) is 32.8 Å². The van der Waals surface area contributed by atoms with E-state index in [1.807, 2.05) is 48.5 Å². The van der Waals surface area contributed by atoms with Crippen LogP contribution in [0.1, 0.15) is 10.5 Å². The highest BCUT2D eigenvalue weighted by atomic mass is 32.1. The number of carbonyl (C=O) groups excluding carboxylic acids is 1. The number of furan rings is 1. The molecule has 0 spiro atoms. The van der Waals surface area contributed by atoms with Gasteiger partial charge in [0.25, 0.3) is 5.91 Å². The Bertz CT molecular complexity index is 1490. The van der Waals surface area contributed by atoms with Crippen LogP contribution in [0.15, 0.2) is 64.4 Å². The smallest absolute Gasteiger partial charge is 0.275 e. The summed E-state index contributed by atoms with van der Waals surface area (Å²) in [6.07, 6.45) is 0. The van der Waals surface area contributed by atoms with E-state index in [1.165, 1.54) is 11.3 Å². The number of rotatable bonds is 6. The van der Waals surface area contributed by atoms with Gasteiger partial charge in [0.05, 0.1) is 32.6 Å². The fraction of sp³-hybridized carbons (Fsp3) is 0.120. The van der Waals surface area contributed by atoms with Crippen LogP contribution >= 0.6 is 11.3 Å². The van der Waals surface area contributed by atoms with Gasteiger partial charge in [-0.2, -0.15) is 0 Å². The van der Waals surface area contributed by atoms with Gasteiger partial charge in [-0.25, -0.2) is 4.98 Å². The summed E-state index contributed by atoms with van der Waals surface area (Å²) < 4.78 is 22.3. The molecule has 166 valence electrons. The normalized spacial score (nSPS) is 11.0. The molecule has 0 bridgehead atoms. The molecular formula is C25H20N2O5S. The summed E-state index contributed by atoms with van der Waals surface area (Å²) in [6, 6.07) is 16.9. The van der Waals surface area contributed by atoms with Crippen molar-refractivity contribution in [1.29, 1.82) is 0 Å². The van der Waals surface area contributed by atoms with E-state index in [0.29, 0.717) is 33.5 Å². The van der Waals surface area contributed by atoms with E-state index in [0.717, 1.165) is 21.9 Å². The molecule has 33 heavy (non-hydrogen) atoms. The number of nitrogens with one attached hydrogen (secondary N) is 1. The number of aromatic nitrogens is 1. The molecule has 7 nitrogen and oxygen atoms in total. The number of hydrogen-bond acceptors (Lipinski definition) is 7. The van der Waals surface area contributed by atoms with Gasteiger partial charge in [-0.3, -0.25) is 4.79 Å². The summed E-state index contributed by atoms with van der Waals surface area (Å²) in [5.41, 5.74) is 2.97. The van der Waals surface area contributed by atoms with Crippen LogP contribution in [0.4, 0.5) is 5.69 Å². The zero-order valence-corrected chi connectivity index (χ0v) is 19.0. The summed E-state index contributed by atoms with van der Waals surface area (Å²) in [4.78, 5) is 17.5. The van der Waals surface area contributed by atoms with Gasteiger partial charge >= 0.3 is 0 Å². The molecule has 0 atom stereocenters. The van der Waals surface area contributed by atoms with Gasteiger partial charge in [0.1, 0.15) is 27.6 Å². The predicted molar refractivity (Wildman–Crippen MR) is 129 cm³/mol. The van der Waals surface area contributed by atoms with Crippen LogP contribution in [-0.4, -0.2) is 32.2 Å². The lowest BCUT2D eigenvalue weighted by Gasteiger charge is -2.10. The van der Waals surface area contributed by atoms with Crippen LogP contribution in [-0.2, 0) is 0 Å². The number of ether oxygens (including phenoxy) is 3. The number of carbonyl (C=O) groups is 1. The molecular weight excluding hydrogens is 440 g/mol. The molecule has 0 saturated heterocycles. The number of fused-ring (bicyclic) bond motifs is 3. The second kappa shape index (κ2) is 8.48. The van der Waals surface area contributed by atoms with Gasteiger partial charge in [-0.05, 0) is 24.3 Å². The number of amides is 1. The molecule has 1 N–H and O–H groups in total.